The van der Waals surface area contributed by atoms with Crippen LogP contribution >= 0.6 is 0 Å². The van der Waals surface area contributed by atoms with Gasteiger partial charge in [-0.1, -0.05) is 36.4 Å². The summed E-state index contributed by atoms with van der Waals surface area (Å²) in [5.41, 5.74) is 3.18. The number of aryl methyl sites for hydroxylation is 1. The summed E-state index contributed by atoms with van der Waals surface area (Å²) in [7, 11) is 0. The zero-order valence-electron chi connectivity index (χ0n) is 14.7. The van der Waals surface area contributed by atoms with Gasteiger partial charge in [-0.2, -0.15) is 0 Å². The number of amides is 2. The van der Waals surface area contributed by atoms with Gasteiger partial charge in [-0.05, 0) is 31.5 Å². The van der Waals surface area contributed by atoms with E-state index in [2.05, 4.69) is 10.6 Å². The van der Waals surface area contributed by atoms with Crippen molar-refractivity contribution in [3.8, 4) is 0 Å². The summed E-state index contributed by atoms with van der Waals surface area (Å²) in [6.45, 7) is 4.21. The van der Waals surface area contributed by atoms with Crippen molar-refractivity contribution in [2.24, 2.45) is 0 Å². The molecule has 2 aromatic carbocycles. The average Bonchev–Trinajstić information content (AvgIpc) is 2.99. The second-order valence-electron chi connectivity index (χ2n) is 6.67. The topological polar surface area (TPSA) is 71.3 Å². The molecule has 0 aliphatic carbocycles. The molecule has 132 valence electrons. The predicted molar refractivity (Wildman–Crippen MR) is 99.0 cm³/mol. The lowest BCUT2D eigenvalue weighted by Crippen LogP contribution is -2.42. The van der Waals surface area contributed by atoms with Crippen molar-refractivity contribution >= 4 is 22.8 Å². The van der Waals surface area contributed by atoms with Crippen LogP contribution in [0.5, 0.6) is 0 Å². The molecule has 3 aromatic rings. The van der Waals surface area contributed by atoms with Gasteiger partial charge in [-0.3, -0.25) is 9.59 Å². The maximum atomic E-state index is 12.9. The van der Waals surface area contributed by atoms with Gasteiger partial charge < -0.3 is 15.1 Å². The minimum atomic E-state index is -0.406. The normalized spacial score (nSPS) is 17.5. The van der Waals surface area contributed by atoms with Gasteiger partial charge in [-0.15, -0.1) is 0 Å². The molecule has 2 N–H and O–H groups in total. The standard InChI is InChI=1S/C21H20N2O3/c1-12-14-7-5-6-10-18(14)26-19(12)13(2)23-21(25)17-11-22-20(24)16-9-4-3-8-15(16)17/h3-10,13,17H,11H2,1-2H3,(H,22,24)(H,23,25). The number of furan rings is 1. The molecule has 4 rings (SSSR count). The molecule has 1 aromatic heterocycles. The number of para-hydroxylation sites is 1. The Labute approximate surface area is 151 Å². The lowest BCUT2D eigenvalue weighted by Gasteiger charge is -2.26. The van der Waals surface area contributed by atoms with Crippen LogP contribution in [0.4, 0.5) is 0 Å². The van der Waals surface area contributed by atoms with E-state index in [1.807, 2.05) is 50.2 Å². The minimum absolute atomic E-state index is 0.121. The summed E-state index contributed by atoms with van der Waals surface area (Å²) >= 11 is 0. The fourth-order valence-electron chi connectivity index (χ4n) is 3.63. The van der Waals surface area contributed by atoms with Gasteiger partial charge in [0, 0.05) is 23.1 Å². The Morgan fingerprint density at radius 1 is 1.19 bits per heavy atom. The fraction of sp³-hybridized carbons (Fsp3) is 0.238. The van der Waals surface area contributed by atoms with E-state index in [1.54, 1.807) is 12.1 Å². The van der Waals surface area contributed by atoms with Gasteiger partial charge >= 0.3 is 0 Å². The number of hydrogen-bond acceptors (Lipinski definition) is 3. The van der Waals surface area contributed by atoms with Crippen molar-refractivity contribution in [3.05, 3.63) is 71.0 Å². The number of carbonyl (C=O) groups excluding carboxylic acids is 2. The first-order chi connectivity index (χ1) is 12.6. The molecule has 5 heteroatoms. The third-order valence-electron chi connectivity index (χ3n) is 5.00. The number of carbonyl (C=O) groups is 2. The number of hydrogen-bond donors (Lipinski definition) is 2. The van der Waals surface area contributed by atoms with E-state index in [0.29, 0.717) is 12.1 Å². The Hall–Kier alpha value is -3.08. The highest BCUT2D eigenvalue weighted by molar-refractivity contribution is 6.00. The van der Waals surface area contributed by atoms with E-state index in [-0.39, 0.29) is 17.9 Å². The van der Waals surface area contributed by atoms with Crippen molar-refractivity contribution in [1.82, 2.24) is 10.6 Å². The second kappa shape index (κ2) is 6.33. The summed E-state index contributed by atoms with van der Waals surface area (Å²) in [6.07, 6.45) is 0. The van der Waals surface area contributed by atoms with E-state index < -0.39 is 5.92 Å². The zero-order valence-corrected chi connectivity index (χ0v) is 14.7. The van der Waals surface area contributed by atoms with Gasteiger partial charge in [0.2, 0.25) is 5.91 Å². The Balaban J connectivity index is 1.59. The van der Waals surface area contributed by atoms with Crippen molar-refractivity contribution in [3.63, 3.8) is 0 Å². The molecule has 2 amide bonds. The molecule has 0 saturated heterocycles. The van der Waals surface area contributed by atoms with E-state index in [1.165, 1.54) is 0 Å². The smallest absolute Gasteiger partial charge is 0.251 e. The molecule has 2 heterocycles. The molecule has 2 atom stereocenters. The third-order valence-corrected chi connectivity index (χ3v) is 5.00. The molecule has 1 aliphatic heterocycles. The summed E-state index contributed by atoms with van der Waals surface area (Å²) in [4.78, 5) is 24.9. The van der Waals surface area contributed by atoms with Crippen molar-refractivity contribution in [2.45, 2.75) is 25.8 Å². The highest BCUT2D eigenvalue weighted by Gasteiger charge is 2.31. The Bertz CT molecular complexity index is 1010. The van der Waals surface area contributed by atoms with Crippen LogP contribution in [0.25, 0.3) is 11.0 Å². The SMILES string of the molecule is Cc1c(C(C)NC(=O)C2CNC(=O)c3ccccc32)oc2ccccc12. The van der Waals surface area contributed by atoms with Crippen LogP contribution in [-0.4, -0.2) is 18.4 Å². The Morgan fingerprint density at radius 2 is 1.92 bits per heavy atom. The highest BCUT2D eigenvalue weighted by atomic mass is 16.3. The molecule has 1 aliphatic rings. The third kappa shape index (κ3) is 2.65. The number of fused-ring (bicyclic) bond motifs is 2. The van der Waals surface area contributed by atoms with Gasteiger partial charge in [0.1, 0.15) is 11.3 Å². The zero-order chi connectivity index (χ0) is 18.3. The highest BCUT2D eigenvalue weighted by Crippen LogP contribution is 2.30. The Kier molecular flexibility index (Phi) is 3.99. The molecular formula is C21H20N2O3. The molecule has 0 fully saturated rings. The first-order valence-electron chi connectivity index (χ1n) is 8.72. The van der Waals surface area contributed by atoms with Crippen LogP contribution in [0.3, 0.4) is 0 Å². The number of rotatable bonds is 3. The lowest BCUT2D eigenvalue weighted by atomic mass is 9.89. The van der Waals surface area contributed by atoms with Crippen LogP contribution in [0, 0.1) is 6.92 Å². The van der Waals surface area contributed by atoms with E-state index in [0.717, 1.165) is 27.9 Å². The maximum absolute atomic E-state index is 12.9. The molecule has 2 unspecified atom stereocenters. The quantitative estimate of drug-likeness (QED) is 0.761. The summed E-state index contributed by atoms with van der Waals surface area (Å²) < 4.78 is 5.95. The molecule has 0 radical (unpaired) electrons. The van der Waals surface area contributed by atoms with E-state index in [9.17, 15) is 9.59 Å². The fourth-order valence-corrected chi connectivity index (χ4v) is 3.63. The monoisotopic (exact) mass is 348 g/mol. The van der Waals surface area contributed by atoms with E-state index >= 15 is 0 Å². The summed E-state index contributed by atoms with van der Waals surface area (Å²) in [5.74, 6) is 0.0966. The average molecular weight is 348 g/mol. The lowest BCUT2D eigenvalue weighted by molar-refractivity contribution is -0.123. The molecule has 0 bridgehead atoms. The van der Waals surface area contributed by atoms with Crippen LogP contribution in [0.2, 0.25) is 0 Å². The van der Waals surface area contributed by atoms with Crippen LogP contribution < -0.4 is 10.6 Å². The predicted octanol–water partition coefficient (Wildman–Crippen LogP) is 3.45. The van der Waals surface area contributed by atoms with Crippen LogP contribution in [0.1, 0.15) is 46.1 Å². The van der Waals surface area contributed by atoms with Crippen molar-refractivity contribution in [2.75, 3.05) is 6.54 Å². The van der Waals surface area contributed by atoms with Gasteiger partial charge in [0.15, 0.2) is 0 Å². The van der Waals surface area contributed by atoms with Gasteiger partial charge in [-0.25, -0.2) is 0 Å². The minimum Gasteiger partial charge on any atom is -0.459 e. The van der Waals surface area contributed by atoms with Gasteiger partial charge in [0.05, 0.1) is 12.0 Å². The van der Waals surface area contributed by atoms with Crippen LogP contribution in [0.15, 0.2) is 52.9 Å². The molecular weight excluding hydrogens is 328 g/mol. The molecule has 5 nitrogen and oxygen atoms in total. The van der Waals surface area contributed by atoms with Crippen molar-refractivity contribution in [1.29, 1.82) is 0 Å². The Morgan fingerprint density at radius 3 is 2.73 bits per heavy atom. The maximum Gasteiger partial charge on any atom is 0.251 e. The van der Waals surface area contributed by atoms with Crippen molar-refractivity contribution < 1.29 is 14.0 Å². The first kappa shape index (κ1) is 16.4. The largest absolute Gasteiger partial charge is 0.459 e. The molecule has 0 saturated carbocycles. The molecule has 0 spiro atoms. The number of benzene rings is 2. The molecule has 26 heavy (non-hydrogen) atoms. The first-order valence-corrected chi connectivity index (χ1v) is 8.72. The van der Waals surface area contributed by atoms with Gasteiger partial charge in [0.25, 0.3) is 5.91 Å². The summed E-state index contributed by atoms with van der Waals surface area (Å²) in [6, 6.07) is 14.8. The van der Waals surface area contributed by atoms with Crippen LogP contribution in [-0.2, 0) is 4.79 Å². The number of nitrogens with one attached hydrogen (secondary N) is 2. The van der Waals surface area contributed by atoms with E-state index in [4.69, 9.17) is 4.42 Å². The second-order valence-corrected chi connectivity index (χ2v) is 6.67. The summed E-state index contributed by atoms with van der Waals surface area (Å²) in [5, 5.41) is 6.89.